The Balaban J connectivity index is 0.000000378. The van der Waals surface area contributed by atoms with Gasteiger partial charge < -0.3 is 10.0 Å². The van der Waals surface area contributed by atoms with Crippen LogP contribution < -0.4 is 10.9 Å². The van der Waals surface area contributed by atoms with Gasteiger partial charge in [-0.25, -0.2) is 0 Å². The second-order valence-electron chi connectivity index (χ2n) is 9.80. The van der Waals surface area contributed by atoms with Crippen LogP contribution in [0, 0.1) is 6.07 Å². The average molecular weight is 639 g/mol. The van der Waals surface area contributed by atoms with Crippen molar-refractivity contribution < 1.29 is 30.0 Å². The van der Waals surface area contributed by atoms with Crippen molar-refractivity contribution in [1.82, 2.24) is 0 Å². The first kappa shape index (κ1) is 26.6. The van der Waals surface area contributed by atoms with Crippen molar-refractivity contribution in [3.05, 3.63) is 95.8 Å². The number of fused-ring (bicyclic) bond motifs is 4. The number of carbonyl (C=O) groups excluding carboxylic acids is 1. The number of nitrogens with zero attached hydrogens (tertiary/aromatic N) is 1. The number of allylic oxidation sites excluding steroid dienone is 2. The molecular formula is C30H29BIrNO2-. The number of ketones is 1. The van der Waals surface area contributed by atoms with Crippen LogP contribution in [0.4, 0.5) is 0 Å². The Bertz CT molecular complexity index is 1450. The first-order valence-electron chi connectivity index (χ1n) is 11.5. The topological polar surface area (TPSA) is 49.7 Å². The quantitative estimate of drug-likeness (QED) is 0.133. The van der Waals surface area contributed by atoms with Crippen molar-refractivity contribution in [3.63, 3.8) is 0 Å². The standard InChI is InChI=1S/C25H21BN.C5H8O2.Ir/c1-25(2,3)23-15-19(14-18-9-5-7-11-21(18)23)26-24-13-12-17-8-4-6-10-20(17)22(24)16-27-26;1-4(6)3-5(2)7;/h4-13,15-16H,1-3H3;3,6H,1-2H3;/q-1;;/b;4-3-;. The van der Waals surface area contributed by atoms with E-state index < -0.39 is 0 Å². The van der Waals surface area contributed by atoms with Crippen LogP contribution in [0.1, 0.15) is 45.7 Å². The van der Waals surface area contributed by atoms with E-state index in [9.17, 15) is 4.79 Å². The molecule has 1 aliphatic heterocycles. The van der Waals surface area contributed by atoms with Gasteiger partial charge in [0.2, 0.25) is 0 Å². The largest absolute Gasteiger partial charge is 0.512 e. The number of aliphatic hydroxyl groups excluding tert-OH is 1. The molecule has 0 spiro atoms. The molecule has 0 fully saturated rings. The van der Waals surface area contributed by atoms with Gasteiger partial charge in [-0.3, -0.25) is 4.79 Å². The summed E-state index contributed by atoms with van der Waals surface area (Å²) in [4.78, 5) is 14.9. The predicted octanol–water partition coefficient (Wildman–Crippen LogP) is 5.66. The van der Waals surface area contributed by atoms with E-state index in [2.05, 4.69) is 93.6 Å². The zero-order valence-corrected chi connectivity index (χ0v) is 23.1. The Hall–Kier alpha value is -3.01. The molecular weight excluding hydrogens is 609 g/mol. The third-order valence-electron chi connectivity index (χ3n) is 5.96. The molecule has 4 aromatic carbocycles. The molecule has 0 aliphatic carbocycles. The Kier molecular flexibility index (Phi) is 8.15. The minimum atomic E-state index is -0.125. The molecule has 0 amide bonds. The molecule has 1 heterocycles. The van der Waals surface area contributed by atoms with Gasteiger partial charge in [0.1, 0.15) is 0 Å². The molecule has 5 heteroatoms. The van der Waals surface area contributed by atoms with Gasteiger partial charge in [-0.1, -0.05) is 69.3 Å². The van der Waals surface area contributed by atoms with Crippen LogP contribution in [0.3, 0.4) is 0 Å². The summed E-state index contributed by atoms with van der Waals surface area (Å²) in [5.74, 6) is -0.0625. The molecule has 0 aromatic heterocycles. The Labute approximate surface area is 221 Å². The van der Waals surface area contributed by atoms with Gasteiger partial charge in [-0.05, 0) is 41.1 Å². The first-order valence-corrected chi connectivity index (χ1v) is 11.5. The molecule has 4 aromatic rings. The Morgan fingerprint density at radius 2 is 1.63 bits per heavy atom. The molecule has 0 bridgehead atoms. The molecule has 0 saturated carbocycles. The summed E-state index contributed by atoms with van der Waals surface area (Å²) >= 11 is 0. The van der Waals surface area contributed by atoms with Gasteiger partial charge in [0, 0.05) is 32.4 Å². The fourth-order valence-electron chi connectivity index (χ4n) is 4.49. The maximum Gasteiger partial charge on any atom is 0.326 e. The second-order valence-corrected chi connectivity index (χ2v) is 9.80. The van der Waals surface area contributed by atoms with Gasteiger partial charge in [0.25, 0.3) is 0 Å². The Morgan fingerprint density at radius 1 is 0.971 bits per heavy atom. The summed E-state index contributed by atoms with van der Waals surface area (Å²) < 4.78 is 0. The van der Waals surface area contributed by atoms with E-state index in [1.165, 1.54) is 58.1 Å². The van der Waals surface area contributed by atoms with Crippen LogP contribution in [0.2, 0.25) is 0 Å². The van der Waals surface area contributed by atoms with Crippen LogP contribution >= 0.6 is 0 Å². The first-order chi connectivity index (χ1) is 16.1. The molecule has 35 heavy (non-hydrogen) atoms. The van der Waals surface area contributed by atoms with E-state index >= 15 is 0 Å². The SMILES string of the molecule is CC(=O)/C=C(/C)O.CC(C)(C)c1cc(B2N=Cc3c2ccc2ccccc32)[c-]c2ccccc12.[Ir]. The molecule has 1 radical (unpaired) electrons. The summed E-state index contributed by atoms with van der Waals surface area (Å²) in [7, 11) is 0. The summed E-state index contributed by atoms with van der Waals surface area (Å²) in [5, 5.41) is 13.4. The van der Waals surface area contributed by atoms with E-state index in [0.717, 1.165) is 5.46 Å². The maximum atomic E-state index is 10.0. The van der Waals surface area contributed by atoms with Gasteiger partial charge in [-0.15, -0.1) is 46.1 Å². The van der Waals surface area contributed by atoms with E-state index in [1.807, 2.05) is 6.21 Å². The van der Waals surface area contributed by atoms with Crippen molar-refractivity contribution in [2.45, 2.75) is 40.0 Å². The fraction of sp³-hybridized carbons (Fsp3) is 0.200. The molecule has 3 nitrogen and oxygen atoms in total. The third-order valence-corrected chi connectivity index (χ3v) is 5.96. The minimum Gasteiger partial charge on any atom is -0.512 e. The second kappa shape index (κ2) is 10.7. The Morgan fingerprint density at radius 3 is 2.26 bits per heavy atom. The minimum absolute atomic E-state index is 0. The average Bonchev–Trinajstić information content (AvgIpc) is 3.22. The van der Waals surface area contributed by atoms with Crippen molar-refractivity contribution in [1.29, 1.82) is 0 Å². The van der Waals surface area contributed by atoms with Crippen molar-refractivity contribution >= 4 is 51.3 Å². The molecule has 179 valence electrons. The number of rotatable bonds is 2. The third kappa shape index (κ3) is 5.81. The molecule has 0 saturated heterocycles. The van der Waals surface area contributed by atoms with E-state index in [4.69, 9.17) is 10.0 Å². The molecule has 0 unspecified atom stereocenters. The zero-order valence-electron chi connectivity index (χ0n) is 20.7. The molecule has 1 aliphatic rings. The number of hydrogen-bond acceptors (Lipinski definition) is 3. The maximum absolute atomic E-state index is 10.0. The predicted molar refractivity (Wildman–Crippen MR) is 145 cm³/mol. The van der Waals surface area contributed by atoms with Crippen LogP contribution in [-0.2, 0) is 30.3 Å². The number of benzene rings is 4. The van der Waals surface area contributed by atoms with Crippen molar-refractivity contribution in [2.24, 2.45) is 4.90 Å². The smallest absolute Gasteiger partial charge is 0.326 e. The van der Waals surface area contributed by atoms with Gasteiger partial charge in [0.05, 0.1) is 5.76 Å². The van der Waals surface area contributed by atoms with Crippen LogP contribution in [0.15, 0.2) is 83.5 Å². The summed E-state index contributed by atoms with van der Waals surface area (Å²) in [6.07, 6.45) is 3.21. The van der Waals surface area contributed by atoms with Crippen molar-refractivity contribution in [2.75, 3.05) is 0 Å². The van der Waals surface area contributed by atoms with Crippen LogP contribution in [0.25, 0.3) is 21.5 Å². The number of carbonyl (C=O) groups is 1. The van der Waals surface area contributed by atoms with Crippen molar-refractivity contribution in [3.8, 4) is 0 Å². The summed E-state index contributed by atoms with van der Waals surface area (Å²) in [6.45, 7) is 9.70. The zero-order chi connectivity index (χ0) is 24.5. The molecule has 5 rings (SSSR count). The van der Waals surface area contributed by atoms with Gasteiger partial charge >= 0.3 is 6.85 Å². The monoisotopic (exact) mass is 639 g/mol. The molecule has 0 atom stereocenters. The number of hydrogen-bond donors (Lipinski definition) is 1. The van der Waals surface area contributed by atoms with Gasteiger partial charge in [0.15, 0.2) is 5.78 Å². The number of aliphatic hydroxyl groups is 1. The van der Waals surface area contributed by atoms with E-state index in [0.29, 0.717) is 0 Å². The summed E-state index contributed by atoms with van der Waals surface area (Å²) in [5.41, 5.74) is 5.11. The summed E-state index contributed by atoms with van der Waals surface area (Å²) in [6, 6.07) is 27.5. The van der Waals surface area contributed by atoms with Crippen LogP contribution in [0.5, 0.6) is 0 Å². The van der Waals surface area contributed by atoms with E-state index in [1.54, 1.807) is 0 Å². The van der Waals surface area contributed by atoms with Gasteiger partial charge in [-0.2, -0.15) is 0 Å². The van der Waals surface area contributed by atoms with Crippen LogP contribution in [-0.4, -0.2) is 24.0 Å². The fourth-order valence-corrected chi connectivity index (χ4v) is 4.49. The molecule has 1 N–H and O–H groups in total. The van der Waals surface area contributed by atoms with E-state index in [-0.39, 0.29) is 43.9 Å². The normalized spacial score (nSPS) is 12.7.